The minimum atomic E-state index is -0.0730. The van der Waals surface area contributed by atoms with Crippen LogP contribution in [0.5, 0.6) is 0 Å². The number of nitrogens with zero attached hydrogens (tertiary/aromatic N) is 2. The lowest BCUT2D eigenvalue weighted by atomic mass is 10.3. The zero-order valence-corrected chi connectivity index (χ0v) is 12.2. The summed E-state index contributed by atoms with van der Waals surface area (Å²) in [5.74, 6) is 0.0702. The molecule has 0 radical (unpaired) electrons. The van der Waals surface area contributed by atoms with Gasteiger partial charge in [-0.15, -0.1) is 0 Å². The van der Waals surface area contributed by atoms with Gasteiger partial charge in [-0.25, -0.2) is 0 Å². The predicted molar refractivity (Wildman–Crippen MR) is 72.3 cm³/mol. The highest BCUT2D eigenvalue weighted by Gasteiger charge is 2.10. The Kier molecular flexibility index (Phi) is 5.68. The van der Waals surface area contributed by atoms with Crippen LogP contribution in [0.1, 0.15) is 31.2 Å². The van der Waals surface area contributed by atoms with E-state index in [2.05, 4.69) is 32.4 Å². The van der Waals surface area contributed by atoms with E-state index in [1.807, 2.05) is 25.5 Å². The Balaban J connectivity index is 2.25. The number of halogens is 1. The van der Waals surface area contributed by atoms with Gasteiger partial charge in [0.1, 0.15) is 0 Å². The topological polar surface area (TPSA) is 46.9 Å². The molecule has 1 aromatic heterocycles. The van der Waals surface area contributed by atoms with Gasteiger partial charge in [-0.05, 0) is 32.8 Å². The first-order chi connectivity index (χ1) is 8.04. The summed E-state index contributed by atoms with van der Waals surface area (Å²) >= 11 is 3.32. The lowest BCUT2D eigenvalue weighted by molar-refractivity contribution is -0.120. The summed E-state index contributed by atoms with van der Waals surface area (Å²) in [6.45, 7) is 7.55. The van der Waals surface area contributed by atoms with Gasteiger partial charge < -0.3 is 5.32 Å². The van der Waals surface area contributed by atoms with Gasteiger partial charge in [0.25, 0.3) is 0 Å². The van der Waals surface area contributed by atoms with E-state index in [-0.39, 0.29) is 10.7 Å². The predicted octanol–water partition coefficient (Wildman–Crippen LogP) is 2.18. The van der Waals surface area contributed by atoms with Crippen molar-refractivity contribution in [1.82, 2.24) is 15.1 Å². The molecular weight excluding hydrogens is 282 g/mol. The summed E-state index contributed by atoms with van der Waals surface area (Å²) in [7, 11) is 0. The molecule has 0 bridgehead atoms. The quantitative estimate of drug-likeness (QED) is 0.647. The summed E-state index contributed by atoms with van der Waals surface area (Å²) in [4.78, 5) is 11.4. The number of hydrogen-bond donors (Lipinski definition) is 1. The maximum atomic E-state index is 11.5. The van der Waals surface area contributed by atoms with Crippen LogP contribution in [0.15, 0.2) is 6.07 Å². The van der Waals surface area contributed by atoms with Crippen LogP contribution in [0, 0.1) is 13.8 Å². The number of hydrogen-bond acceptors (Lipinski definition) is 2. The summed E-state index contributed by atoms with van der Waals surface area (Å²) in [5, 5.41) is 7.28. The van der Waals surface area contributed by atoms with Crippen molar-refractivity contribution >= 4 is 21.8 Å². The van der Waals surface area contributed by atoms with E-state index in [4.69, 9.17) is 0 Å². The summed E-state index contributed by atoms with van der Waals surface area (Å²) in [6.07, 6.45) is 1.71. The fraction of sp³-hybridized carbons (Fsp3) is 0.667. The zero-order valence-electron chi connectivity index (χ0n) is 10.7. The third-order valence-electron chi connectivity index (χ3n) is 2.59. The third-order valence-corrected chi connectivity index (χ3v) is 3.66. The van der Waals surface area contributed by atoms with Gasteiger partial charge in [0.05, 0.1) is 10.5 Å². The number of carbonyl (C=O) groups excluding carboxylic acids is 1. The van der Waals surface area contributed by atoms with Gasteiger partial charge in [0.15, 0.2) is 0 Å². The monoisotopic (exact) mass is 301 g/mol. The number of nitrogens with one attached hydrogen (secondary N) is 1. The van der Waals surface area contributed by atoms with E-state index in [9.17, 15) is 4.79 Å². The molecular formula is C12H20BrN3O. The van der Waals surface area contributed by atoms with E-state index in [0.717, 1.165) is 25.1 Å². The van der Waals surface area contributed by atoms with Crippen molar-refractivity contribution in [2.75, 3.05) is 6.54 Å². The minimum absolute atomic E-state index is 0.0702. The normalized spacial score (nSPS) is 12.5. The average Bonchev–Trinajstić information content (AvgIpc) is 2.62. The number of rotatable bonds is 6. The standard InChI is InChI=1S/C12H20BrN3O/c1-4-11(13)12(17)14-6-5-7-16-10(3)8-9(2)15-16/h8,11H,4-7H2,1-3H3,(H,14,17). The molecule has 5 heteroatoms. The summed E-state index contributed by atoms with van der Waals surface area (Å²) in [5.41, 5.74) is 2.21. The Bertz CT molecular complexity index is 376. The van der Waals surface area contributed by atoms with Crippen LogP contribution in [-0.2, 0) is 11.3 Å². The van der Waals surface area contributed by atoms with Gasteiger partial charge in [-0.3, -0.25) is 9.48 Å². The maximum Gasteiger partial charge on any atom is 0.233 e. The van der Waals surface area contributed by atoms with Crippen molar-refractivity contribution in [2.45, 2.75) is 45.0 Å². The molecule has 1 amide bonds. The molecule has 1 aromatic rings. The van der Waals surface area contributed by atoms with Gasteiger partial charge in [-0.1, -0.05) is 22.9 Å². The van der Waals surface area contributed by atoms with E-state index < -0.39 is 0 Å². The lowest BCUT2D eigenvalue weighted by Gasteiger charge is -2.09. The SMILES string of the molecule is CCC(Br)C(=O)NCCCn1nc(C)cc1C. The fourth-order valence-corrected chi connectivity index (χ4v) is 1.80. The molecule has 0 fully saturated rings. The Morgan fingerprint density at radius 3 is 2.82 bits per heavy atom. The molecule has 1 heterocycles. The molecule has 1 rings (SSSR count). The van der Waals surface area contributed by atoms with E-state index in [1.54, 1.807) is 0 Å². The van der Waals surface area contributed by atoms with Crippen LogP contribution >= 0.6 is 15.9 Å². The van der Waals surface area contributed by atoms with Crippen LogP contribution in [-0.4, -0.2) is 27.1 Å². The number of aromatic nitrogens is 2. The molecule has 0 aliphatic carbocycles. The van der Waals surface area contributed by atoms with Gasteiger partial charge in [0.2, 0.25) is 5.91 Å². The first-order valence-corrected chi connectivity index (χ1v) is 6.89. The first-order valence-electron chi connectivity index (χ1n) is 5.97. The van der Waals surface area contributed by atoms with E-state index >= 15 is 0 Å². The van der Waals surface area contributed by atoms with Crippen molar-refractivity contribution in [2.24, 2.45) is 0 Å². The second-order valence-corrected chi connectivity index (χ2v) is 5.28. The largest absolute Gasteiger partial charge is 0.355 e. The fourth-order valence-electron chi connectivity index (χ4n) is 1.64. The van der Waals surface area contributed by atoms with Crippen LogP contribution in [0.2, 0.25) is 0 Å². The summed E-state index contributed by atoms with van der Waals surface area (Å²) < 4.78 is 1.98. The number of aryl methyl sites for hydroxylation is 3. The smallest absolute Gasteiger partial charge is 0.233 e. The number of carbonyl (C=O) groups is 1. The molecule has 1 atom stereocenters. The average molecular weight is 302 g/mol. The van der Waals surface area contributed by atoms with Gasteiger partial charge in [0, 0.05) is 18.8 Å². The highest BCUT2D eigenvalue weighted by molar-refractivity contribution is 9.10. The van der Waals surface area contributed by atoms with Crippen molar-refractivity contribution in [3.63, 3.8) is 0 Å². The lowest BCUT2D eigenvalue weighted by Crippen LogP contribution is -2.31. The third kappa shape index (κ3) is 4.50. The molecule has 96 valence electrons. The Hall–Kier alpha value is -0.840. The second-order valence-electron chi connectivity index (χ2n) is 4.17. The van der Waals surface area contributed by atoms with Gasteiger partial charge >= 0.3 is 0 Å². The second kappa shape index (κ2) is 6.79. The van der Waals surface area contributed by atoms with Crippen molar-refractivity contribution in [3.05, 3.63) is 17.5 Å². The molecule has 0 aromatic carbocycles. The van der Waals surface area contributed by atoms with Crippen molar-refractivity contribution in [1.29, 1.82) is 0 Å². The first kappa shape index (κ1) is 14.2. The molecule has 0 saturated heterocycles. The number of amides is 1. The van der Waals surface area contributed by atoms with E-state index in [1.165, 1.54) is 5.69 Å². The molecule has 0 saturated carbocycles. The van der Waals surface area contributed by atoms with Crippen LogP contribution in [0.25, 0.3) is 0 Å². The van der Waals surface area contributed by atoms with Gasteiger partial charge in [-0.2, -0.15) is 5.10 Å². The van der Waals surface area contributed by atoms with Crippen LogP contribution < -0.4 is 5.32 Å². The van der Waals surface area contributed by atoms with E-state index in [0.29, 0.717) is 6.54 Å². The molecule has 1 unspecified atom stereocenters. The zero-order chi connectivity index (χ0) is 12.8. The molecule has 17 heavy (non-hydrogen) atoms. The molecule has 0 aliphatic heterocycles. The molecule has 4 nitrogen and oxygen atoms in total. The van der Waals surface area contributed by atoms with Crippen molar-refractivity contribution < 1.29 is 4.79 Å². The van der Waals surface area contributed by atoms with Crippen LogP contribution in [0.3, 0.4) is 0 Å². The molecule has 0 aliphatic rings. The number of alkyl halides is 1. The Labute approximate surface area is 111 Å². The highest BCUT2D eigenvalue weighted by atomic mass is 79.9. The Morgan fingerprint density at radius 2 is 2.29 bits per heavy atom. The maximum absolute atomic E-state index is 11.5. The highest BCUT2D eigenvalue weighted by Crippen LogP contribution is 2.04. The Morgan fingerprint density at radius 1 is 1.59 bits per heavy atom. The summed E-state index contributed by atoms with van der Waals surface area (Å²) in [6, 6.07) is 2.06. The van der Waals surface area contributed by atoms with Crippen LogP contribution in [0.4, 0.5) is 0 Å². The molecule has 0 spiro atoms. The minimum Gasteiger partial charge on any atom is -0.355 e. The molecule has 1 N–H and O–H groups in total. The van der Waals surface area contributed by atoms with Crippen molar-refractivity contribution in [3.8, 4) is 0 Å².